The normalized spacial score (nSPS) is 13.9. The number of guanidine groups is 1. The van der Waals surface area contributed by atoms with Gasteiger partial charge in [0.1, 0.15) is 18.1 Å². The number of carboxylic acid groups (broad SMARTS) is 1. The minimum absolute atomic E-state index is 0.0678. The summed E-state index contributed by atoms with van der Waals surface area (Å²) in [4.78, 5) is 65.2. The van der Waals surface area contributed by atoms with E-state index in [4.69, 9.17) is 28.7 Å². The molecule has 38 heavy (non-hydrogen) atoms. The van der Waals surface area contributed by atoms with E-state index >= 15 is 0 Å². The molecule has 0 fully saturated rings. The van der Waals surface area contributed by atoms with Crippen LogP contribution in [0.2, 0.25) is 0 Å². The van der Waals surface area contributed by atoms with Crippen LogP contribution in [0.25, 0.3) is 0 Å². The number of carbonyl (C=O) groups excluding carboxylic acids is 4. The second-order valence-corrected chi connectivity index (χ2v) is 9.63. The Balaban J connectivity index is 5.56. The zero-order valence-corrected chi connectivity index (χ0v) is 22.6. The maximum Gasteiger partial charge on any atom is 0.326 e. The van der Waals surface area contributed by atoms with Crippen LogP contribution in [0.15, 0.2) is 4.99 Å². The number of primary amides is 1. The quantitative estimate of drug-likeness (QED) is 0.0388. The van der Waals surface area contributed by atoms with E-state index in [1.807, 2.05) is 6.26 Å². The van der Waals surface area contributed by atoms with Crippen molar-refractivity contribution in [3.8, 4) is 0 Å². The van der Waals surface area contributed by atoms with E-state index in [1.165, 1.54) is 11.8 Å². The summed E-state index contributed by atoms with van der Waals surface area (Å²) in [6.07, 6.45) is 3.75. The lowest BCUT2D eigenvalue weighted by Gasteiger charge is -2.25. The Hall–Kier alpha value is -3.11. The van der Waals surface area contributed by atoms with Gasteiger partial charge in [-0.05, 0) is 57.1 Å². The number of aliphatic carboxylic acids is 1. The molecule has 218 valence electrons. The van der Waals surface area contributed by atoms with Crippen molar-refractivity contribution in [1.29, 1.82) is 0 Å². The van der Waals surface area contributed by atoms with Gasteiger partial charge in [0.25, 0.3) is 0 Å². The van der Waals surface area contributed by atoms with Gasteiger partial charge < -0.3 is 49.7 Å². The fourth-order valence-electron chi connectivity index (χ4n) is 3.28. The number of aliphatic imine (C=N–C) groups is 1. The molecule has 0 rings (SSSR count). The van der Waals surface area contributed by atoms with Crippen LogP contribution in [0, 0.1) is 0 Å². The highest BCUT2D eigenvalue weighted by molar-refractivity contribution is 7.98. The molecule has 14 N–H and O–H groups in total. The molecule has 0 aromatic carbocycles. The highest BCUT2D eigenvalue weighted by Crippen LogP contribution is 2.07. The van der Waals surface area contributed by atoms with Crippen molar-refractivity contribution in [3.05, 3.63) is 0 Å². The van der Waals surface area contributed by atoms with Crippen LogP contribution < -0.4 is 44.6 Å². The third kappa shape index (κ3) is 15.9. The van der Waals surface area contributed by atoms with Crippen molar-refractivity contribution >= 4 is 47.3 Å². The predicted molar refractivity (Wildman–Crippen MR) is 146 cm³/mol. The Bertz CT molecular complexity index is 810. The summed E-state index contributed by atoms with van der Waals surface area (Å²) >= 11 is 1.47. The minimum atomic E-state index is -1.40. The van der Waals surface area contributed by atoms with E-state index < -0.39 is 53.8 Å². The maximum absolute atomic E-state index is 13.1. The van der Waals surface area contributed by atoms with E-state index in [9.17, 15) is 29.1 Å². The molecular formula is C22H43N9O6S. The predicted octanol–water partition coefficient (Wildman–Crippen LogP) is -2.95. The van der Waals surface area contributed by atoms with Crippen molar-refractivity contribution < 1.29 is 29.1 Å². The number of carbonyl (C=O) groups is 5. The first-order valence-electron chi connectivity index (χ1n) is 12.3. The van der Waals surface area contributed by atoms with Crippen LogP contribution in [0.5, 0.6) is 0 Å². The maximum atomic E-state index is 13.1. The van der Waals surface area contributed by atoms with Crippen molar-refractivity contribution in [1.82, 2.24) is 16.0 Å². The average molecular weight is 562 g/mol. The van der Waals surface area contributed by atoms with Gasteiger partial charge in [-0.3, -0.25) is 24.2 Å². The smallest absolute Gasteiger partial charge is 0.326 e. The second-order valence-electron chi connectivity index (χ2n) is 8.65. The van der Waals surface area contributed by atoms with E-state index in [-0.39, 0.29) is 44.6 Å². The molecule has 0 saturated heterocycles. The van der Waals surface area contributed by atoms with Crippen molar-refractivity contribution in [2.24, 2.45) is 33.7 Å². The molecule has 4 amide bonds. The summed E-state index contributed by atoms with van der Waals surface area (Å²) in [5.74, 6) is -3.61. The van der Waals surface area contributed by atoms with Gasteiger partial charge in [-0.15, -0.1) is 0 Å². The summed E-state index contributed by atoms with van der Waals surface area (Å²) < 4.78 is 0. The summed E-state index contributed by atoms with van der Waals surface area (Å²) in [5.41, 5.74) is 27.1. The fraction of sp³-hybridized carbons (Fsp3) is 0.727. The first-order chi connectivity index (χ1) is 17.9. The van der Waals surface area contributed by atoms with Gasteiger partial charge in [-0.2, -0.15) is 11.8 Å². The summed E-state index contributed by atoms with van der Waals surface area (Å²) in [6.45, 7) is 0.640. The number of amides is 4. The van der Waals surface area contributed by atoms with Gasteiger partial charge >= 0.3 is 5.97 Å². The lowest BCUT2D eigenvalue weighted by molar-refractivity contribution is -0.142. The lowest BCUT2D eigenvalue weighted by atomic mass is 10.1. The molecule has 15 nitrogen and oxygen atoms in total. The van der Waals surface area contributed by atoms with Gasteiger partial charge in [0.05, 0.1) is 6.04 Å². The number of nitrogens with two attached hydrogens (primary N) is 5. The van der Waals surface area contributed by atoms with Crippen LogP contribution in [0.3, 0.4) is 0 Å². The zero-order valence-electron chi connectivity index (χ0n) is 21.8. The SMILES string of the molecule is CSCCC(NC(=O)C(N)CCCCN)C(=O)NC(CCCN=C(N)N)C(=O)NC(CCC(N)=O)C(=O)O. The molecule has 0 radical (unpaired) electrons. The number of unbranched alkanes of at least 4 members (excludes halogenated alkanes) is 1. The minimum Gasteiger partial charge on any atom is -0.480 e. The standard InChI is InChI=1S/C22H43N9O6S/c1-38-12-9-15(29-18(33)13(24)5-2-3-10-23)20(35)30-14(6-4-11-28-22(26)27)19(34)31-16(21(36)37)7-8-17(25)32/h13-16H,2-12,23-24H2,1H3,(H2,25,32)(H,29,33)(H,30,35)(H,31,34)(H,36,37)(H4,26,27,28). The Morgan fingerprint density at radius 1 is 0.816 bits per heavy atom. The number of carboxylic acids is 1. The van der Waals surface area contributed by atoms with Crippen molar-refractivity contribution in [2.45, 2.75) is 75.5 Å². The number of nitrogens with one attached hydrogen (secondary N) is 3. The van der Waals surface area contributed by atoms with E-state index in [2.05, 4.69) is 20.9 Å². The molecular weight excluding hydrogens is 518 g/mol. The van der Waals surface area contributed by atoms with Crippen LogP contribution in [0.4, 0.5) is 0 Å². The van der Waals surface area contributed by atoms with Crippen molar-refractivity contribution in [3.63, 3.8) is 0 Å². The highest BCUT2D eigenvalue weighted by Gasteiger charge is 2.30. The molecule has 0 aliphatic carbocycles. The topological polar surface area (TPSA) is 284 Å². The third-order valence-corrected chi connectivity index (χ3v) is 6.07. The van der Waals surface area contributed by atoms with Crippen LogP contribution in [0.1, 0.15) is 51.4 Å². The molecule has 4 unspecified atom stereocenters. The fourth-order valence-corrected chi connectivity index (χ4v) is 3.76. The summed E-state index contributed by atoms with van der Waals surface area (Å²) in [7, 11) is 0. The van der Waals surface area contributed by atoms with Crippen LogP contribution >= 0.6 is 11.8 Å². The van der Waals surface area contributed by atoms with Crippen molar-refractivity contribution in [2.75, 3.05) is 25.1 Å². The first-order valence-corrected chi connectivity index (χ1v) is 13.7. The number of rotatable bonds is 21. The molecule has 16 heteroatoms. The van der Waals surface area contributed by atoms with Crippen LogP contribution in [-0.4, -0.2) is 89.9 Å². The van der Waals surface area contributed by atoms with E-state index in [0.29, 0.717) is 31.6 Å². The Labute approximate surface area is 226 Å². The van der Waals surface area contributed by atoms with Gasteiger partial charge in [-0.1, -0.05) is 6.42 Å². The largest absolute Gasteiger partial charge is 0.480 e. The molecule has 0 aliphatic heterocycles. The lowest BCUT2D eigenvalue weighted by Crippen LogP contribution is -2.57. The second kappa shape index (κ2) is 19.9. The Kier molecular flexibility index (Phi) is 18.3. The van der Waals surface area contributed by atoms with E-state index in [0.717, 1.165) is 0 Å². The first kappa shape index (κ1) is 34.9. The Morgan fingerprint density at radius 3 is 1.92 bits per heavy atom. The average Bonchev–Trinajstić information content (AvgIpc) is 2.85. The van der Waals surface area contributed by atoms with Gasteiger partial charge in [0.2, 0.25) is 23.6 Å². The molecule has 0 aromatic rings. The highest BCUT2D eigenvalue weighted by atomic mass is 32.2. The molecule has 0 bridgehead atoms. The van der Waals surface area contributed by atoms with Gasteiger partial charge in [0, 0.05) is 13.0 Å². The van der Waals surface area contributed by atoms with Gasteiger partial charge in [0.15, 0.2) is 5.96 Å². The van der Waals surface area contributed by atoms with Crippen LogP contribution in [-0.2, 0) is 24.0 Å². The molecule has 0 aliphatic rings. The summed E-state index contributed by atoms with van der Waals surface area (Å²) in [5, 5.41) is 17.0. The number of thioether (sulfide) groups is 1. The molecule has 0 heterocycles. The Morgan fingerprint density at radius 2 is 1.39 bits per heavy atom. The molecule has 0 spiro atoms. The number of hydrogen-bond acceptors (Lipinski definition) is 9. The number of hydrogen-bond donors (Lipinski definition) is 9. The van der Waals surface area contributed by atoms with Gasteiger partial charge in [-0.25, -0.2) is 4.79 Å². The monoisotopic (exact) mass is 561 g/mol. The van der Waals surface area contributed by atoms with E-state index in [1.54, 1.807) is 0 Å². The molecule has 4 atom stereocenters. The summed E-state index contributed by atoms with van der Waals surface area (Å²) in [6, 6.07) is -4.37. The zero-order chi connectivity index (χ0) is 29.1. The third-order valence-electron chi connectivity index (χ3n) is 5.42. The molecule has 0 saturated carbocycles. The molecule has 0 aromatic heterocycles. The number of nitrogens with zero attached hydrogens (tertiary/aromatic N) is 1.